The number of aryl methyl sites for hydroxylation is 1. The highest BCUT2D eigenvalue weighted by atomic mass is 16.5. The van der Waals surface area contributed by atoms with E-state index in [9.17, 15) is 9.90 Å². The summed E-state index contributed by atoms with van der Waals surface area (Å²) in [7, 11) is 3.06. The number of phenolic OH excluding ortho intramolecular Hbond substituents is 1. The van der Waals surface area contributed by atoms with E-state index in [2.05, 4.69) is 0 Å². The van der Waals surface area contributed by atoms with E-state index in [1.54, 1.807) is 25.3 Å². The molecule has 0 amide bonds. The lowest BCUT2D eigenvalue weighted by Crippen LogP contribution is -2.01. The number of unbranched alkanes of at least 4 members (excludes halogenated alkanes) is 10. The lowest BCUT2D eigenvalue weighted by Gasteiger charge is -2.08. The van der Waals surface area contributed by atoms with Gasteiger partial charge in [0.15, 0.2) is 22.5 Å². The van der Waals surface area contributed by atoms with Crippen molar-refractivity contribution in [2.24, 2.45) is 0 Å². The molecule has 2 N–H and O–H groups in total. The van der Waals surface area contributed by atoms with Gasteiger partial charge in [0.05, 0.1) is 19.6 Å². The third-order valence-electron chi connectivity index (χ3n) is 7.28. The summed E-state index contributed by atoms with van der Waals surface area (Å²) >= 11 is 0. The maximum Gasteiger partial charge on any atom is 0.197 e. The number of fused-ring (bicyclic) bond motifs is 3. The van der Waals surface area contributed by atoms with Gasteiger partial charge < -0.3 is 28.5 Å². The van der Waals surface area contributed by atoms with E-state index in [1.165, 1.54) is 64.2 Å². The highest BCUT2D eigenvalue weighted by Gasteiger charge is 2.19. The van der Waals surface area contributed by atoms with Crippen LogP contribution in [0.15, 0.2) is 50.0 Å². The average Bonchev–Trinajstić information content (AvgIpc) is 3.37. The first-order chi connectivity index (χ1) is 19.0. The van der Waals surface area contributed by atoms with Crippen molar-refractivity contribution >= 4 is 21.9 Å². The molecule has 4 rings (SSSR count). The minimum Gasteiger partial charge on any atom is -0.504 e. The molecular weight excluding hydrogens is 496 g/mol. The van der Waals surface area contributed by atoms with Gasteiger partial charge in [-0.3, -0.25) is 4.79 Å². The Labute approximate surface area is 229 Å². The van der Waals surface area contributed by atoms with Crippen molar-refractivity contribution in [2.75, 3.05) is 20.8 Å². The zero-order valence-corrected chi connectivity index (χ0v) is 23.1. The maximum atomic E-state index is 13.2. The summed E-state index contributed by atoms with van der Waals surface area (Å²) in [5.41, 5.74) is 1.27. The SMILES string of the molecule is COc1cc(-c2cc(=O)c3c(cc(OC)c4cc(CCCCCCCCCCCCCO)oc43)o2)ccc1O. The van der Waals surface area contributed by atoms with Crippen molar-refractivity contribution < 1.29 is 28.5 Å². The summed E-state index contributed by atoms with van der Waals surface area (Å²) in [6.07, 6.45) is 13.9. The molecule has 0 aliphatic rings. The molecule has 0 saturated carbocycles. The van der Waals surface area contributed by atoms with Crippen LogP contribution in [0.5, 0.6) is 17.2 Å². The summed E-state index contributed by atoms with van der Waals surface area (Å²) in [5, 5.41) is 19.9. The highest BCUT2D eigenvalue weighted by molar-refractivity contribution is 6.05. The molecule has 0 fully saturated rings. The summed E-state index contributed by atoms with van der Waals surface area (Å²) < 4.78 is 23.1. The second-order valence-corrected chi connectivity index (χ2v) is 10.1. The van der Waals surface area contributed by atoms with Crippen molar-refractivity contribution in [3.8, 4) is 28.6 Å². The third-order valence-corrected chi connectivity index (χ3v) is 7.28. The van der Waals surface area contributed by atoms with E-state index in [0.717, 1.165) is 43.3 Å². The molecule has 7 heteroatoms. The van der Waals surface area contributed by atoms with Crippen LogP contribution in [0.3, 0.4) is 0 Å². The van der Waals surface area contributed by atoms with Gasteiger partial charge in [0.25, 0.3) is 0 Å². The minimum absolute atomic E-state index is 0.0112. The number of benzene rings is 2. The number of ether oxygens (including phenoxy) is 2. The topological polar surface area (TPSA) is 102 Å². The van der Waals surface area contributed by atoms with Crippen LogP contribution in [-0.2, 0) is 6.42 Å². The molecule has 2 aromatic heterocycles. The predicted molar refractivity (Wildman–Crippen MR) is 154 cm³/mol. The Balaban J connectivity index is 1.40. The number of aliphatic hydroxyl groups excluding tert-OH is 1. The van der Waals surface area contributed by atoms with Gasteiger partial charge in [-0.2, -0.15) is 0 Å². The number of aromatic hydroxyl groups is 1. The fourth-order valence-electron chi connectivity index (χ4n) is 5.11. The molecule has 0 bridgehead atoms. The Morgan fingerprint density at radius 2 is 1.38 bits per heavy atom. The molecule has 0 atom stereocenters. The van der Waals surface area contributed by atoms with Gasteiger partial charge in [0.2, 0.25) is 0 Å². The largest absolute Gasteiger partial charge is 0.504 e. The number of rotatable bonds is 16. The van der Waals surface area contributed by atoms with Crippen molar-refractivity contribution in [1.29, 1.82) is 0 Å². The van der Waals surface area contributed by atoms with Crippen LogP contribution in [0.4, 0.5) is 0 Å². The van der Waals surface area contributed by atoms with Crippen molar-refractivity contribution in [1.82, 2.24) is 0 Å². The van der Waals surface area contributed by atoms with Gasteiger partial charge in [0.1, 0.15) is 28.2 Å². The van der Waals surface area contributed by atoms with Crippen LogP contribution in [0.25, 0.3) is 33.3 Å². The van der Waals surface area contributed by atoms with Gasteiger partial charge in [-0.1, -0.05) is 57.8 Å². The van der Waals surface area contributed by atoms with Gasteiger partial charge in [-0.25, -0.2) is 0 Å². The molecule has 7 nitrogen and oxygen atoms in total. The predicted octanol–water partition coefficient (Wildman–Crippen LogP) is 7.75. The summed E-state index contributed by atoms with van der Waals surface area (Å²) in [6.45, 7) is 0.312. The molecule has 0 unspecified atom stereocenters. The monoisotopic (exact) mass is 536 g/mol. The smallest absolute Gasteiger partial charge is 0.197 e. The third kappa shape index (κ3) is 7.15. The van der Waals surface area contributed by atoms with Gasteiger partial charge in [0, 0.05) is 30.7 Å². The summed E-state index contributed by atoms with van der Waals surface area (Å²) in [5.74, 6) is 2.10. The number of hydrogen-bond donors (Lipinski definition) is 2. The van der Waals surface area contributed by atoms with Crippen LogP contribution < -0.4 is 14.9 Å². The number of methoxy groups -OCH3 is 2. The zero-order valence-electron chi connectivity index (χ0n) is 23.1. The minimum atomic E-state index is -0.208. The second-order valence-electron chi connectivity index (χ2n) is 10.1. The Morgan fingerprint density at radius 3 is 2.03 bits per heavy atom. The number of furan rings is 1. The van der Waals surface area contributed by atoms with Gasteiger partial charge in [-0.15, -0.1) is 0 Å². The molecule has 210 valence electrons. The average molecular weight is 537 g/mol. The lowest BCUT2D eigenvalue weighted by atomic mass is 10.0. The molecule has 0 radical (unpaired) electrons. The van der Waals surface area contributed by atoms with Crippen molar-refractivity contribution in [2.45, 2.75) is 77.0 Å². The maximum absolute atomic E-state index is 13.2. The molecule has 0 aliphatic heterocycles. The van der Waals surface area contributed by atoms with Crippen LogP contribution in [0.2, 0.25) is 0 Å². The molecule has 0 saturated heterocycles. The fraction of sp³-hybridized carbons (Fsp3) is 0.469. The van der Waals surface area contributed by atoms with E-state index < -0.39 is 0 Å². The Hall–Kier alpha value is -3.45. The summed E-state index contributed by atoms with van der Waals surface area (Å²) in [6, 6.07) is 9.95. The number of hydrogen-bond acceptors (Lipinski definition) is 7. The van der Waals surface area contributed by atoms with E-state index >= 15 is 0 Å². The van der Waals surface area contributed by atoms with Crippen molar-refractivity contribution in [3.63, 3.8) is 0 Å². The van der Waals surface area contributed by atoms with Gasteiger partial charge in [-0.05, 0) is 37.1 Å². The first-order valence-corrected chi connectivity index (χ1v) is 14.1. The lowest BCUT2D eigenvalue weighted by molar-refractivity contribution is 0.282. The first kappa shape index (κ1) is 28.6. The molecular formula is C32H40O7. The Bertz CT molecular complexity index is 1420. The molecule has 39 heavy (non-hydrogen) atoms. The van der Waals surface area contributed by atoms with Crippen LogP contribution in [0.1, 0.15) is 76.4 Å². The van der Waals surface area contributed by atoms with E-state index in [-0.39, 0.29) is 11.2 Å². The van der Waals surface area contributed by atoms with E-state index in [4.69, 9.17) is 23.4 Å². The molecule has 0 spiro atoms. The van der Waals surface area contributed by atoms with Gasteiger partial charge >= 0.3 is 0 Å². The number of phenols is 1. The van der Waals surface area contributed by atoms with E-state index in [1.807, 2.05) is 6.07 Å². The Morgan fingerprint density at radius 1 is 0.744 bits per heavy atom. The summed E-state index contributed by atoms with van der Waals surface area (Å²) in [4.78, 5) is 13.2. The molecule has 4 aromatic rings. The van der Waals surface area contributed by atoms with Crippen LogP contribution in [-0.4, -0.2) is 31.0 Å². The zero-order chi connectivity index (χ0) is 27.6. The number of aliphatic hydroxyl groups is 1. The normalized spacial score (nSPS) is 11.5. The Kier molecular flexibility index (Phi) is 10.3. The quantitative estimate of drug-likeness (QED) is 0.141. The van der Waals surface area contributed by atoms with Crippen molar-refractivity contribution in [3.05, 3.63) is 52.4 Å². The standard InChI is InChI=1S/C32H40O7/c1-36-28-21-30-31(26(35)20-27(39-30)22-15-16-25(34)29(18-22)37-2)32-24(28)19-23(38-32)14-12-10-8-6-4-3-5-7-9-11-13-17-33/h15-16,18-21,33-34H,3-14,17H2,1-2H3. The molecule has 0 aliphatic carbocycles. The first-order valence-electron chi connectivity index (χ1n) is 14.1. The van der Waals surface area contributed by atoms with Crippen LogP contribution >= 0.6 is 0 Å². The fourth-order valence-corrected chi connectivity index (χ4v) is 5.11. The molecule has 2 heterocycles. The van der Waals surface area contributed by atoms with E-state index in [0.29, 0.717) is 46.0 Å². The second kappa shape index (κ2) is 14.1. The van der Waals surface area contributed by atoms with Crippen LogP contribution in [0, 0.1) is 0 Å². The molecule has 2 aromatic carbocycles. The highest BCUT2D eigenvalue weighted by Crippen LogP contribution is 2.37.